The fourth-order valence-corrected chi connectivity index (χ4v) is 4.57. The fourth-order valence-electron chi connectivity index (χ4n) is 4.57. The van der Waals surface area contributed by atoms with E-state index in [4.69, 9.17) is 8.94 Å². The van der Waals surface area contributed by atoms with Crippen LogP contribution in [-0.2, 0) is 10.2 Å². The van der Waals surface area contributed by atoms with Gasteiger partial charge in [0.05, 0.1) is 5.41 Å². The maximum absolute atomic E-state index is 12.6. The molecule has 2 aromatic rings. The fraction of sp³-hybridized carbons (Fsp3) is 0.632. The lowest BCUT2D eigenvalue weighted by Gasteiger charge is -2.26. The lowest BCUT2D eigenvalue weighted by molar-refractivity contribution is -0.133. The Morgan fingerprint density at radius 1 is 1.32 bits per heavy atom. The summed E-state index contributed by atoms with van der Waals surface area (Å²) in [5.74, 6) is 1.54. The summed E-state index contributed by atoms with van der Waals surface area (Å²) in [7, 11) is 0. The van der Waals surface area contributed by atoms with Gasteiger partial charge in [-0.2, -0.15) is 4.98 Å². The van der Waals surface area contributed by atoms with Gasteiger partial charge in [-0.15, -0.1) is 0 Å². The highest BCUT2D eigenvalue weighted by Gasteiger charge is 2.58. The molecule has 3 heterocycles. The van der Waals surface area contributed by atoms with Crippen molar-refractivity contribution in [2.45, 2.75) is 52.0 Å². The van der Waals surface area contributed by atoms with Gasteiger partial charge in [-0.05, 0) is 25.7 Å². The van der Waals surface area contributed by atoms with Crippen LogP contribution in [0.1, 0.15) is 54.8 Å². The smallest absolute Gasteiger partial charge is 0.273 e. The Bertz CT molecular complexity index is 904. The van der Waals surface area contributed by atoms with Gasteiger partial charge in [0, 0.05) is 32.0 Å². The van der Waals surface area contributed by atoms with Crippen LogP contribution in [0, 0.1) is 25.7 Å². The van der Waals surface area contributed by atoms with Crippen LogP contribution < -0.4 is 5.32 Å². The number of carbonyl (C=O) groups is 2. The molecule has 0 aromatic carbocycles. The number of carbonyl (C=O) groups excluding carboxylic acids is 2. The summed E-state index contributed by atoms with van der Waals surface area (Å²) in [6, 6.07) is -0.0574. The van der Waals surface area contributed by atoms with Gasteiger partial charge in [-0.3, -0.25) is 9.59 Å². The number of oxazole rings is 1. The average Bonchev–Trinajstić information content (AvgIpc) is 3.37. The zero-order chi connectivity index (χ0) is 20.1. The van der Waals surface area contributed by atoms with Gasteiger partial charge < -0.3 is 19.2 Å². The van der Waals surface area contributed by atoms with E-state index in [1.54, 1.807) is 13.8 Å². The number of nitrogens with zero attached hydrogens (tertiary/aromatic N) is 4. The van der Waals surface area contributed by atoms with Crippen LogP contribution in [-0.4, -0.2) is 51.0 Å². The third-order valence-electron chi connectivity index (χ3n) is 5.82. The minimum absolute atomic E-state index is 0.0574. The molecule has 9 nitrogen and oxygen atoms in total. The van der Waals surface area contributed by atoms with Gasteiger partial charge >= 0.3 is 0 Å². The van der Waals surface area contributed by atoms with Crippen molar-refractivity contribution in [2.75, 3.05) is 13.1 Å². The van der Waals surface area contributed by atoms with Crippen LogP contribution in [0.5, 0.6) is 0 Å². The van der Waals surface area contributed by atoms with Crippen molar-refractivity contribution in [2.24, 2.45) is 11.8 Å². The Kier molecular flexibility index (Phi) is 4.47. The molecule has 1 unspecified atom stereocenters. The van der Waals surface area contributed by atoms with E-state index in [9.17, 15) is 9.59 Å². The van der Waals surface area contributed by atoms with Crippen molar-refractivity contribution < 1.29 is 18.5 Å². The Morgan fingerprint density at radius 3 is 2.71 bits per heavy atom. The molecule has 2 amide bonds. The molecule has 3 atom stereocenters. The van der Waals surface area contributed by atoms with Crippen molar-refractivity contribution >= 4 is 11.8 Å². The third-order valence-corrected chi connectivity index (χ3v) is 5.82. The summed E-state index contributed by atoms with van der Waals surface area (Å²) in [6.45, 7) is 8.46. The molecule has 0 radical (unpaired) electrons. The van der Waals surface area contributed by atoms with Crippen LogP contribution in [0.4, 0.5) is 0 Å². The van der Waals surface area contributed by atoms with E-state index < -0.39 is 5.41 Å². The first-order valence-corrected chi connectivity index (χ1v) is 9.61. The summed E-state index contributed by atoms with van der Waals surface area (Å²) in [4.78, 5) is 35.5. The minimum atomic E-state index is -0.427. The second-order valence-corrected chi connectivity index (χ2v) is 8.24. The van der Waals surface area contributed by atoms with Crippen LogP contribution in [0.15, 0.2) is 15.2 Å². The molecule has 1 saturated heterocycles. The first kappa shape index (κ1) is 18.6. The zero-order valence-corrected chi connectivity index (χ0v) is 16.6. The van der Waals surface area contributed by atoms with E-state index >= 15 is 0 Å². The van der Waals surface area contributed by atoms with Gasteiger partial charge in [0.2, 0.25) is 11.8 Å². The molecule has 2 fully saturated rings. The summed E-state index contributed by atoms with van der Waals surface area (Å²) < 4.78 is 10.7. The maximum Gasteiger partial charge on any atom is 0.273 e. The van der Waals surface area contributed by atoms with Crippen LogP contribution in [0.25, 0.3) is 0 Å². The van der Waals surface area contributed by atoms with Crippen molar-refractivity contribution in [3.63, 3.8) is 0 Å². The number of nitrogens with one attached hydrogen (secondary N) is 1. The maximum atomic E-state index is 12.6. The predicted molar refractivity (Wildman–Crippen MR) is 97.3 cm³/mol. The summed E-state index contributed by atoms with van der Waals surface area (Å²) >= 11 is 0. The number of aryl methyl sites for hydroxylation is 2. The molecule has 2 aromatic heterocycles. The van der Waals surface area contributed by atoms with E-state index in [0.717, 1.165) is 6.42 Å². The van der Waals surface area contributed by atoms with Crippen LogP contribution >= 0.6 is 0 Å². The van der Waals surface area contributed by atoms with Crippen molar-refractivity contribution in [1.29, 1.82) is 0 Å². The molecule has 4 rings (SSSR count). The number of fused-ring (bicyclic) bond motifs is 1. The Morgan fingerprint density at radius 2 is 2.11 bits per heavy atom. The lowest BCUT2D eigenvalue weighted by atomic mass is 9.80. The number of rotatable bonds is 4. The summed E-state index contributed by atoms with van der Waals surface area (Å²) in [6.07, 6.45) is 2.75. The monoisotopic (exact) mass is 387 g/mol. The van der Waals surface area contributed by atoms with E-state index in [-0.39, 0.29) is 35.4 Å². The molecule has 9 heteroatoms. The lowest BCUT2D eigenvalue weighted by Crippen LogP contribution is -2.40. The van der Waals surface area contributed by atoms with E-state index in [1.807, 2.05) is 18.7 Å². The molecule has 0 spiro atoms. The molecule has 1 aliphatic carbocycles. The van der Waals surface area contributed by atoms with E-state index in [1.165, 1.54) is 6.26 Å². The molecular formula is C19H25N5O4. The molecule has 150 valence electrons. The second kappa shape index (κ2) is 6.72. The van der Waals surface area contributed by atoms with Crippen molar-refractivity contribution in [1.82, 2.24) is 25.3 Å². The predicted octanol–water partition coefficient (Wildman–Crippen LogP) is 1.62. The second-order valence-electron chi connectivity index (χ2n) is 8.24. The first-order chi connectivity index (χ1) is 13.3. The SMILES string of the molecule is Cc1noc([C@]23C[C@H](NC(=O)c4coc(C)n4)CC2CN(C(=O)C(C)C)C3)n1. The normalized spacial score (nSPS) is 26.7. The highest BCUT2D eigenvalue weighted by Crippen LogP contribution is 2.50. The molecular weight excluding hydrogens is 362 g/mol. The van der Waals surface area contributed by atoms with Gasteiger partial charge in [0.1, 0.15) is 6.26 Å². The molecule has 1 saturated carbocycles. The Labute approximate surface area is 162 Å². The number of hydrogen-bond donors (Lipinski definition) is 1. The molecule has 1 aliphatic heterocycles. The largest absolute Gasteiger partial charge is 0.448 e. The topological polar surface area (TPSA) is 114 Å². The van der Waals surface area contributed by atoms with Gasteiger partial charge in [0.25, 0.3) is 5.91 Å². The van der Waals surface area contributed by atoms with Crippen LogP contribution in [0.3, 0.4) is 0 Å². The quantitative estimate of drug-likeness (QED) is 0.848. The minimum Gasteiger partial charge on any atom is -0.448 e. The highest BCUT2D eigenvalue weighted by molar-refractivity contribution is 5.92. The van der Waals surface area contributed by atoms with Gasteiger partial charge in [-0.1, -0.05) is 19.0 Å². The molecule has 0 bridgehead atoms. The molecule has 1 N–H and O–H groups in total. The molecule has 28 heavy (non-hydrogen) atoms. The Hall–Kier alpha value is -2.71. The van der Waals surface area contributed by atoms with Gasteiger partial charge in [-0.25, -0.2) is 4.98 Å². The van der Waals surface area contributed by atoms with E-state index in [2.05, 4.69) is 20.4 Å². The van der Waals surface area contributed by atoms with Gasteiger partial charge in [0.15, 0.2) is 17.4 Å². The summed E-state index contributed by atoms with van der Waals surface area (Å²) in [5, 5.41) is 7.01. The number of likely N-dealkylation sites (tertiary alicyclic amines) is 1. The average molecular weight is 387 g/mol. The number of hydrogen-bond acceptors (Lipinski definition) is 7. The number of aromatic nitrogens is 3. The number of amides is 2. The first-order valence-electron chi connectivity index (χ1n) is 9.61. The summed E-state index contributed by atoms with van der Waals surface area (Å²) in [5.41, 5.74) is -0.155. The standard InChI is InChI=1S/C19H25N5O4/c1-10(2)17(26)24-7-13-5-14(22-16(25)15-8-27-12(4)21-15)6-19(13,9-24)18-20-11(3)23-28-18/h8,10,13-14H,5-7,9H2,1-4H3,(H,22,25)/t13?,14-,19+/m1/s1. The van der Waals surface area contributed by atoms with Crippen molar-refractivity contribution in [3.05, 3.63) is 29.6 Å². The highest BCUT2D eigenvalue weighted by atomic mass is 16.5. The third kappa shape index (κ3) is 3.08. The Balaban J connectivity index is 1.56. The van der Waals surface area contributed by atoms with E-state index in [0.29, 0.717) is 37.1 Å². The molecule has 2 aliphatic rings. The van der Waals surface area contributed by atoms with Crippen LogP contribution in [0.2, 0.25) is 0 Å². The zero-order valence-electron chi connectivity index (χ0n) is 16.6. The van der Waals surface area contributed by atoms with Crippen molar-refractivity contribution in [3.8, 4) is 0 Å².